The van der Waals surface area contributed by atoms with Gasteiger partial charge < -0.3 is 29.2 Å². The highest BCUT2D eigenvalue weighted by atomic mass is 16.6. The number of aliphatic hydroxyl groups excluding tert-OH is 2. The van der Waals surface area contributed by atoms with Gasteiger partial charge in [-0.3, -0.25) is 0 Å². The number of rotatable bonds is 65. The molecule has 0 aromatic heterocycles. The van der Waals surface area contributed by atoms with E-state index in [-0.39, 0.29) is 0 Å². The molecular weight excluding hydrogens is 889 g/mol. The third-order valence-corrected chi connectivity index (χ3v) is 15.6. The van der Waals surface area contributed by atoms with Gasteiger partial charge in [-0.05, 0) is 25.7 Å². The molecule has 0 aliphatic rings. The van der Waals surface area contributed by atoms with Crippen LogP contribution in [0.3, 0.4) is 0 Å². The van der Waals surface area contributed by atoms with E-state index in [1.165, 1.54) is 295 Å². The smallest absolute Gasteiger partial charge is 0.111 e. The van der Waals surface area contributed by atoms with Crippen molar-refractivity contribution in [2.75, 3.05) is 39.6 Å². The van der Waals surface area contributed by atoms with E-state index in [2.05, 4.69) is 27.7 Å². The summed E-state index contributed by atoms with van der Waals surface area (Å²) in [6, 6.07) is 0. The number of aliphatic hydroxyl groups is 2. The van der Waals surface area contributed by atoms with E-state index < -0.39 is 24.4 Å². The van der Waals surface area contributed by atoms with Gasteiger partial charge in [0.05, 0.1) is 13.2 Å². The molecule has 0 rings (SSSR count). The second-order valence-electron chi connectivity index (χ2n) is 22.9. The summed E-state index contributed by atoms with van der Waals surface area (Å²) in [6.07, 6.45) is 65.3. The van der Waals surface area contributed by atoms with E-state index >= 15 is 0 Å². The Kier molecular flexibility index (Phi) is 63.1. The summed E-state index contributed by atoms with van der Waals surface area (Å²) in [4.78, 5) is 0. The molecule has 0 aromatic rings. The van der Waals surface area contributed by atoms with Crippen LogP contribution >= 0.6 is 0 Å². The third kappa shape index (κ3) is 54.5. The lowest BCUT2D eigenvalue weighted by Crippen LogP contribution is -2.50. The monoisotopic (exact) mass is 1020 g/mol. The molecule has 0 saturated heterocycles. The van der Waals surface area contributed by atoms with Crippen LogP contribution in [-0.4, -0.2) is 74.3 Å². The van der Waals surface area contributed by atoms with Crippen LogP contribution in [0.5, 0.6) is 0 Å². The highest BCUT2D eigenvalue weighted by Gasteiger charge is 2.34. The molecule has 434 valence electrons. The van der Waals surface area contributed by atoms with E-state index in [4.69, 9.17) is 18.9 Å². The average molecular weight is 1020 g/mol. The Bertz CT molecular complexity index is 875. The first kappa shape index (κ1) is 71.8. The van der Waals surface area contributed by atoms with Crippen LogP contribution in [-0.2, 0) is 18.9 Å². The maximum Gasteiger partial charge on any atom is 0.111 e. The Hall–Kier alpha value is -0.240. The first-order valence-electron chi connectivity index (χ1n) is 33.4. The van der Waals surface area contributed by atoms with Gasteiger partial charge in [0.2, 0.25) is 0 Å². The van der Waals surface area contributed by atoms with Crippen LogP contribution in [0.15, 0.2) is 0 Å². The second kappa shape index (κ2) is 63.3. The van der Waals surface area contributed by atoms with Gasteiger partial charge >= 0.3 is 0 Å². The van der Waals surface area contributed by atoms with Crippen molar-refractivity contribution in [1.82, 2.24) is 0 Å². The van der Waals surface area contributed by atoms with Crippen molar-refractivity contribution in [2.45, 2.75) is 386 Å². The first-order valence-corrected chi connectivity index (χ1v) is 33.4. The summed E-state index contributed by atoms with van der Waals surface area (Å²) < 4.78 is 25.2. The largest absolute Gasteiger partial charge is 0.388 e. The molecule has 2 N–H and O–H groups in total. The second-order valence-corrected chi connectivity index (χ2v) is 22.9. The lowest BCUT2D eigenvalue weighted by Gasteiger charge is -2.32. The van der Waals surface area contributed by atoms with Crippen LogP contribution in [0.4, 0.5) is 0 Å². The van der Waals surface area contributed by atoms with E-state index in [0.717, 1.165) is 38.5 Å². The minimum Gasteiger partial charge on any atom is -0.388 e. The summed E-state index contributed by atoms with van der Waals surface area (Å²) in [5, 5.41) is 23.6. The van der Waals surface area contributed by atoms with Crippen molar-refractivity contribution in [2.24, 2.45) is 0 Å². The summed E-state index contributed by atoms with van der Waals surface area (Å²) in [7, 11) is 0. The Labute approximate surface area is 453 Å². The molecule has 6 nitrogen and oxygen atoms in total. The molecule has 0 aliphatic carbocycles. The molecule has 0 spiro atoms. The Balaban J connectivity index is 4.94. The Morgan fingerprint density at radius 1 is 0.208 bits per heavy atom. The molecule has 0 fully saturated rings. The molecule has 0 amide bonds. The van der Waals surface area contributed by atoms with Gasteiger partial charge in [-0.15, -0.1) is 0 Å². The van der Waals surface area contributed by atoms with Gasteiger partial charge in [0.15, 0.2) is 0 Å². The Morgan fingerprint density at radius 2 is 0.361 bits per heavy atom. The molecular formula is C66H134O6. The van der Waals surface area contributed by atoms with Crippen LogP contribution in [0.25, 0.3) is 0 Å². The summed E-state index contributed by atoms with van der Waals surface area (Å²) in [6.45, 7) is 12.2. The van der Waals surface area contributed by atoms with Gasteiger partial charge in [0, 0.05) is 26.4 Å². The van der Waals surface area contributed by atoms with Crippen molar-refractivity contribution >= 4 is 0 Å². The third-order valence-electron chi connectivity index (χ3n) is 15.6. The van der Waals surface area contributed by atoms with E-state index in [1.807, 2.05) is 0 Å². The standard InChI is InChI=1S/C66H134O6/c1-5-9-13-17-21-25-29-31-33-35-37-39-41-45-49-53-57-69-61-63(71-59-55-51-47-43-27-23-19-15-11-7-3)65(67)66(68)64(72-60-56-52-48-44-28-24-20-16-12-8-4)62-70-58-54-50-46-42-40-38-36-34-32-30-26-22-18-14-10-6-2/h63-68H,5-62H2,1-4H3/t63-,64-,65-,66-/m1/s1. The van der Waals surface area contributed by atoms with Crippen molar-refractivity contribution in [1.29, 1.82) is 0 Å². The van der Waals surface area contributed by atoms with Crippen LogP contribution in [0.2, 0.25) is 0 Å². The summed E-state index contributed by atoms with van der Waals surface area (Å²) in [5.74, 6) is 0. The average Bonchev–Trinajstić information content (AvgIpc) is 3.39. The zero-order valence-corrected chi connectivity index (χ0v) is 49.8. The van der Waals surface area contributed by atoms with Crippen LogP contribution in [0, 0.1) is 0 Å². The molecule has 0 saturated carbocycles. The first-order chi connectivity index (χ1) is 35.6. The van der Waals surface area contributed by atoms with E-state index in [0.29, 0.717) is 39.6 Å². The fourth-order valence-corrected chi connectivity index (χ4v) is 10.5. The lowest BCUT2D eigenvalue weighted by atomic mass is 10.0. The summed E-state index contributed by atoms with van der Waals surface area (Å²) >= 11 is 0. The fourth-order valence-electron chi connectivity index (χ4n) is 10.5. The topological polar surface area (TPSA) is 77.4 Å². The van der Waals surface area contributed by atoms with E-state index in [9.17, 15) is 10.2 Å². The lowest BCUT2D eigenvalue weighted by molar-refractivity contribution is -0.163. The normalized spacial score (nSPS) is 13.6. The Morgan fingerprint density at radius 3 is 0.542 bits per heavy atom. The maximum atomic E-state index is 11.8. The SMILES string of the molecule is CCCCCCCCCCCCCCCCCCOC[C@@H](OCCCCCCCCCCCC)[C@@H](O)[C@H](O)[C@@H](COCCCCCCCCCCCCCCCCCC)OCCCCCCCCCCCC. The van der Waals surface area contributed by atoms with Crippen molar-refractivity contribution in [3.8, 4) is 0 Å². The molecule has 0 heterocycles. The van der Waals surface area contributed by atoms with Crippen molar-refractivity contribution < 1.29 is 29.2 Å². The van der Waals surface area contributed by atoms with E-state index in [1.54, 1.807) is 0 Å². The number of unbranched alkanes of at least 4 members (excludes halogenated alkanes) is 48. The zero-order valence-electron chi connectivity index (χ0n) is 49.8. The maximum absolute atomic E-state index is 11.8. The number of hydrogen-bond acceptors (Lipinski definition) is 6. The number of ether oxygens (including phenoxy) is 4. The quantitative estimate of drug-likeness (QED) is 0.0591. The zero-order chi connectivity index (χ0) is 52.2. The van der Waals surface area contributed by atoms with Crippen LogP contribution in [0.1, 0.15) is 362 Å². The molecule has 0 aliphatic heterocycles. The minimum atomic E-state index is -1.10. The van der Waals surface area contributed by atoms with Gasteiger partial charge in [-0.25, -0.2) is 0 Å². The highest BCUT2D eigenvalue weighted by molar-refractivity contribution is 4.83. The molecule has 0 unspecified atom stereocenters. The molecule has 0 bridgehead atoms. The van der Waals surface area contributed by atoms with Gasteiger partial charge in [-0.1, -0.05) is 336 Å². The predicted molar refractivity (Wildman–Crippen MR) is 316 cm³/mol. The minimum absolute atomic E-state index is 0.292. The molecule has 72 heavy (non-hydrogen) atoms. The van der Waals surface area contributed by atoms with Crippen LogP contribution < -0.4 is 0 Å². The van der Waals surface area contributed by atoms with Gasteiger partial charge in [-0.2, -0.15) is 0 Å². The number of hydrogen-bond donors (Lipinski definition) is 2. The molecule has 6 heteroatoms. The molecule has 0 aromatic carbocycles. The fraction of sp³-hybridized carbons (Fsp3) is 1.00. The summed E-state index contributed by atoms with van der Waals surface area (Å²) in [5.41, 5.74) is 0. The molecule has 4 atom stereocenters. The van der Waals surface area contributed by atoms with Crippen molar-refractivity contribution in [3.05, 3.63) is 0 Å². The predicted octanol–water partition coefficient (Wildman–Crippen LogP) is 20.9. The van der Waals surface area contributed by atoms with Gasteiger partial charge in [0.25, 0.3) is 0 Å². The van der Waals surface area contributed by atoms with Gasteiger partial charge in [0.1, 0.15) is 24.4 Å². The molecule has 0 radical (unpaired) electrons. The highest BCUT2D eigenvalue weighted by Crippen LogP contribution is 2.19. The van der Waals surface area contributed by atoms with Crippen molar-refractivity contribution in [3.63, 3.8) is 0 Å².